The summed E-state index contributed by atoms with van der Waals surface area (Å²) in [6.45, 7) is 3.61. The van der Waals surface area contributed by atoms with Crippen molar-refractivity contribution in [3.05, 3.63) is 53.3 Å². The second-order valence-corrected chi connectivity index (χ2v) is 8.90. The van der Waals surface area contributed by atoms with Gasteiger partial charge in [-0.05, 0) is 37.3 Å². The molecule has 3 rings (SSSR count). The van der Waals surface area contributed by atoms with Crippen LogP contribution in [0.2, 0.25) is 0 Å². The second-order valence-electron chi connectivity index (χ2n) is 6.32. The zero-order chi connectivity index (χ0) is 21.6. The fourth-order valence-electron chi connectivity index (χ4n) is 2.77. The van der Waals surface area contributed by atoms with Crippen LogP contribution in [0.25, 0.3) is 10.2 Å². The van der Waals surface area contributed by atoms with Crippen LogP contribution in [0.5, 0.6) is 5.75 Å². The van der Waals surface area contributed by atoms with E-state index in [9.17, 15) is 13.2 Å². The monoisotopic (exact) mass is 449 g/mol. The van der Waals surface area contributed by atoms with Gasteiger partial charge in [0.2, 0.25) is 10.0 Å². The zero-order valence-corrected chi connectivity index (χ0v) is 18.1. The van der Waals surface area contributed by atoms with E-state index in [-0.39, 0.29) is 23.8 Å². The number of amides is 1. The number of rotatable bonds is 9. The number of nitrogens with zero attached hydrogens (tertiary/aromatic N) is 2. The maximum atomic E-state index is 12.4. The molecule has 10 heteroatoms. The van der Waals surface area contributed by atoms with Crippen LogP contribution in [0.15, 0.2) is 58.4 Å². The number of sulfonamides is 1. The minimum Gasteiger partial charge on any atom is -0.493 e. The molecule has 0 saturated heterocycles. The van der Waals surface area contributed by atoms with Crippen LogP contribution in [0.3, 0.4) is 0 Å². The number of thiazole rings is 1. The first kappa shape index (κ1) is 22.2. The maximum Gasteiger partial charge on any atom is 0.251 e. The van der Waals surface area contributed by atoms with E-state index in [1.165, 1.54) is 23.5 Å². The van der Waals surface area contributed by atoms with Crippen LogP contribution in [0.4, 0.5) is 0 Å². The summed E-state index contributed by atoms with van der Waals surface area (Å²) in [6, 6.07) is 13.8. The highest BCUT2D eigenvalue weighted by molar-refractivity contribution is 7.89. The summed E-state index contributed by atoms with van der Waals surface area (Å²) < 4.78 is 36.8. The van der Waals surface area contributed by atoms with Crippen molar-refractivity contribution in [3.63, 3.8) is 0 Å². The number of para-hydroxylation sites is 1. The smallest absolute Gasteiger partial charge is 0.251 e. The van der Waals surface area contributed by atoms with E-state index in [0.717, 1.165) is 5.52 Å². The molecule has 1 heterocycles. The van der Waals surface area contributed by atoms with Gasteiger partial charge in [0, 0.05) is 13.2 Å². The molecule has 0 saturated carbocycles. The summed E-state index contributed by atoms with van der Waals surface area (Å²) in [4.78, 5) is 17.1. The van der Waals surface area contributed by atoms with Crippen LogP contribution in [-0.2, 0) is 26.1 Å². The number of aromatic nitrogens is 1. The highest BCUT2D eigenvalue weighted by Crippen LogP contribution is 2.21. The number of ether oxygens (including phenoxy) is 2. The minimum absolute atomic E-state index is 0.0161. The average molecular weight is 450 g/mol. The maximum absolute atomic E-state index is 12.4. The van der Waals surface area contributed by atoms with Gasteiger partial charge in [0.05, 0.1) is 34.7 Å². The molecular formula is C20H23N3O5S2. The quantitative estimate of drug-likeness (QED) is 0.504. The lowest BCUT2D eigenvalue weighted by molar-refractivity contribution is -0.118. The first-order chi connectivity index (χ1) is 14.4. The van der Waals surface area contributed by atoms with Gasteiger partial charge in [-0.2, -0.15) is 4.99 Å². The van der Waals surface area contributed by atoms with Gasteiger partial charge in [0.1, 0.15) is 5.75 Å². The number of nitrogens with two attached hydrogens (primary N) is 1. The van der Waals surface area contributed by atoms with Crippen molar-refractivity contribution in [3.8, 4) is 5.75 Å². The van der Waals surface area contributed by atoms with Gasteiger partial charge < -0.3 is 14.0 Å². The predicted octanol–water partition coefficient (Wildman–Crippen LogP) is 2.28. The molecular weight excluding hydrogens is 426 g/mol. The molecule has 0 radical (unpaired) electrons. The Bertz CT molecular complexity index is 1180. The number of benzene rings is 2. The summed E-state index contributed by atoms with van der Waals surface area (Å²) >= 11 is 1.23. The number of primary sulfonamides is 1. The van der Waals surface area contributed by atoms with Crippen LogP contribution < -0.4 is 14.7 Å². The summed E-state index contributed by atoms with van der Waals surface area (Å²) in [5.41, 5.74) is 0.763. The lowest BCUT2D eigenvalue weighted by Crippen LogP contribution is -2.20. The normalized spacial score (nSPS) is 12.4. The van der Waals surface area contributed by atoms with Crippen molar-refractivity contribution in [2.24, 2.45) is 10.1 Å². The molecule has 160 valence electrons. The topological polar surface area (TPSA) is 113 Å². The van der Waals surface area contributed by atoms with Gasteiger partial charge in [0.15, 0.2) is 4.80 Å². The number of hydrogen-bond acceptors (Lipinski definition) is 6. The average Bonchev–Trinajstić information content (AvgIpc) is 3.04. The molecule has 3 aromatic rings. The highest BCUT2D eigenvalue weighted by Gasteiger charge is 2.13. The summed E-state index contributed by atoms with van der Waals surface area (Å²) in [7, 11) is -3.82. The van der Waals surface area contributed by atoms with Gasteiger partial charge in [0.25, 0.3) is 5.91 Å². The number of fused-ring (bicyclic) bond motifs is 1. The van der Waals surface area contributed by atoms with Crippen molar-refractivity contribution >= 4 is 37.5 Å². The summed E-state index contributed by atoms with van der Waals surface area (Å²) in [6.07, 6.45) is 0.122. The van der Waals surface area contributed by atoms with Crippen molar-refractivity contribution in [1.29, 1.82) is 0 Å². The Hall–Kier alpha value is -2.53. The highest BCUT2D eigenvalue weighted by atomic mass is 32.2. The molecule has 2 N–H and O–H groups in total. The largest absolute Gasteiger partial charge is 0.493 e. The third-order valence-electron chi connectivity index (χ3n) is 4.19. The van der Waals surface area contributed by atoms with Crippen molar-refractivity contribution < 1.29 is 22.7 Å². The third-order valence-corrected chi connectivity index (χ3v) is 6.15. The zero-order valence-electron chi connectivity index (χ0n) is 16.5. The molecule has 0 bridgehead atoms. The Morgan fingerprint density at radius 3 is 2.63 bits per heavy atom. The van der Waals surface area contributed by atoms with E-state index in [4.69, 9.17) is 14.6 Å². The van der Waals surface area contributed by atoms with E-state index in [1.807, 2.05) is 41.8 Å². The number of hydrogen-bond donors (Lipinski definition) is 1. The van der Waals surface area contributed by atoms with E-state index < -0.39 is 10.0 Å². The van der Waals surface area contributed by atoms with Crippen LogP contribution in [0, 0.1) is 0 Å². The third kappa shape index (κ3) is 5.76. The van der Waals surface area contributed by atoms with Gasteiger partial charge in [-0.15, -0.1) is 0 Å². The van der Waals surface area contributed by atoms with E-state index in [0.29, 0.717) is 35.0 Å². The molecule has 1 amide bonds. The second kappa shape index (κ2) is 9.98. The lowest BCUT2D eigenvalue weighted by Gasteiger charge is -2.06. The first-order valence-electron chi connectivity index (χ1n) is 9.38. The molecule has 0 aliphatic rings. The fraction of sp³-hybridized carbons (Fsp3) is 0.300. The summed E-state index contributed by atoms with van der Waals surface area (Å²) in [5.74, 6) is 0.365. The van der Waals surface area contributed by atoms with Crippen molar-refractivity contribution in [2.75, 3.05) is 19.8 Å². The Kier molecular flexibility index (Phi) is 7.38. The van der Waals surface area contributed by atoms with Gasteiger partial charge in [-0.1, -0.05) is 29.5 Å². The van der Waals surface area contributed by atoms with Gasteiger partial charge in [-0.25, -0.2) is 13.6 Å². The molecule has 0 atom stereocenters. The van der Waals surface area contributed by atoms with Crippen LogP contribution in [0.1, 0.15) is 13.3 Å². The first-order valence-corrected chi connectivity index (χ1v) is 11.7. The molecule has 0 aliphatic heterocycles. The van der Waals surface area contributed by atoms with Gasteiger partial charge >= 0.3 is 0 Å². The molecule has 30 heavy (non-hydrogen) atoms. The molecule has 0 aliphatic carbocycles. The standard InChI is InChI=1S/C20H23N3O5S2/c1-2-27-13-11-23-17-9-8-16(30(21,25)26)14-18(17)29-20(23)22-19(24)10-12-28-15-6-4-3-5-7-15/h3-9,14H,2,10-13H2,1H3,(H2,21,25,26). The molecule has 0 fully saturated rings. The molecule has 8 nitrogen and oxygen atoms in total. The lowest BCUT2D eigenvalue weighted by atomic mass is 10.3. The van der Waals surface area contributed by atoms with E-state index in [2.05, 4.69) is 4.99 Å². The van der Waals surface area contributed by atoms with E-state index in [1.54, 1.807) is 6.07 Å². The Balaban J connectivity index is 1.85. The molecule has 1 aromatic heterocycles. The SMILES string of the molecule is CCOCCn1c(=NC(=O)CCOc2ccccc2)sc2cc(S(N)(=O)=O)ccc21. The molecule has 2 aromatic carbocycles. The fourth-order valence-corrected chi connectivity index (χ4v) is 4.49. The van der Waals surface area contributed by atoms with Crippen LogP contribution >= 0.6 is 11.3 Å². The van der Waals surface area contributed by atoms with Gasteiger partial charge in [-0.3, -0.25) is 4.79 Å². The number of carbonyl (C=O) groups excluding carboxylic acids is 1. The van der Waals surface area contributed by atoms with Crippen LogP contribution in [-0.4, -0.2) is 38.7 Å². The Morgan fingerprint density at radius 1 is 1.17 bits per heavy atom. The summed E-state index contributed by atoms with van der Waals surface area (Å²) in [5, 5.41) is 5.23. The van der Waals surface area contributed by atoms with E-state index >= 15 is 0 Å². The van der Waals surface area contributed by atoms with Crippen molar-refractivity contribution in [1.82, 2.24) is 4.57 Å². The van der Waals surface area contributed by atoms with Crippen molar-refractivity contribution in [2.45, 2.75) is 24.8 Å². The molecule has 0 unspecified atom stereocenters. The molecule has 0 spiro atoms. The Morgan fingerprint density at radius 2 is 1.93 bits per heavy atom. The number of carbonyl (C=O) groups is 1. The predicted molar refractivity (Wildman–Crippen MR) is 115 cm³/mol. The minimum atomic E-state index is -3.82. The Labute approximate surface area is 178 Å².